The summed E-state index contributed by atoms with van der Waals surface area (Å²) in [4.78, 5) is 4.24. The molecule has 4 heteroatoms. The average molecular weight is 192 g/mol. The predicted octanol–water partition coefficient (Wildman–Crippen LogP) is 1.20. The van der Waals surface area contributed by atoms with E-state index >= 15 is 0 Å². The van der Waals surface area contributed by atoms with Gasteiger partial charge in [0.1, 0.15) is 5.69 Å². The predicted molar refractivity (Wildman–Crippen MR) is 58.1 cm³/mol. The van der Waals surface area contributed by atoms with Crippen molar-refractivity contribution in [2.24, 2.45) is 5.73 Å². The number of hydrogen-bond donors (Lipinski definition) is 2. The minimum absolute atomic E-state index is 0.375. The maximum Gasteiger partial charge on any atom is 0.107 e. The highest BCUT2D eigenvalue weighted by molar-refractivity contribution is 5.61. The third kappa shape index (κ3) is 1.96. The van der Waals surface area contributed by atoms with Crippen molar-refractivity contribution in [1.29, 1.82) is 0 Å². The van der Waals surface area contributed by atoms with E-state index in [4.69, 9.17) is 5.73 Å². The van der Waals surface area contributed by atoms with Crippen molar-refractivity contribution in [3.05, 3.63) is 36.7 Å². The Morgan fingerprint density at radius 2 is 2.29 bits per heavy atom. The van der Waals surface area contributed by atoms with E-state index in [1.54, 1.807) is 6.33 Å². The summed E-state index contributed by atoms with van der Waals surface area (Å²) in [6.07, 6.45) is 1.79. The summed E-state index contributed by atoms with van der Waals surface area (Å²) >= 11 is 0. The molecule has 0 aliphatic carbocycles. The maximum atomic E-state index is 5.42. The lowest BCUT2D eigenvalue weighted by Gasteiger charge is -2.07. The fourth-order valence-electron chi connectivity index (χ4n) is 1.31. The molecule has 0 spiro atoms. The van der Waals surface area contributed by atoms with Gasteiger partial charge < -0.3 is 15.6 Å². The molecule has 0 amide bonds. The van der Waals surface area contributed by atoms with Crippen LogP contribution in [-0.4, -0.2) is 9.55 Å². The Balaban J connectivity index is 2.90. The van der Waals surface area contributed by atoms with Crippen LogP contribution in [0.25, 0.3) is 5.70 Å². The number of imidazole rings is 1. The van der Waals surface area contributed by atoms with Crippen LogP contribution >= 0.6 is 0 Å². The summed E-state index contributed by atoms with van der Waals surface area (Å²) < 4.78 is 2.04. The van der Waals surface area contributed by atoms with Gasteiger partial charge >= 0.3 is 0 Å². The van der Waals surface area contributed by atoms with Gasteiger partial charge in [-0.1, -0.05) is 13.2 Å². The van der Waals surface area contributed by atoms with Crippen LogP contribution in [0.1, 0.15) is 18.3 Å². The Kier molecular flexibility index (Phi) is 2.96. The van der Waals surface area contributed by atoms with E-state index in [0.717, 1.165) is 17.9 Å². The first-order valence-corrected chi connectivity index (χ1v) is 4.48. The van der Waals surface area contributed by atoms with Gasteiger partial charge in [0.25, 0.3) is 0 Å². The zero-order valence-electron chi connectivity index (χ0n) is 8.67. The van der Waals surface area contributed by atoms with Gasteiger partial charge in [-0.15, -0.1) is 0 Å². The van der Waals surface area contributed by atoms with Crippen molar-refractivity contribution in [3.8, 4) is 0 Å². The lowest BCUT2D eigenvalue weighted by Crippen LogP contribution is -2.17. The Bertz CT molecular complexity index is 362. The van der Waals surface area contributed by atoms with Gasteiger partial charge in [0, 0.05) is 12.2 Å². The fourth-order valence-corrected chi connectivity index (χ4v) is 1.31. The lowest BCUT2D eigenvalue weighted by molar-refractivity contribution is 0.736. The van der Waals surface area contributed by atoms with Crippen molar-refractivity contribution in [2.45, 2.75) is 20.4 Å². The first-order chi connectivity index (χ1) is 6.56. The molecule has 0 fully saturated rings. The largest absolute Gasteiger partial charge is 0.386 e. The molecule has 14 heavy (non-hydrogen) atoms. The second kappa shape index (κ2) is 4.00. The second-order valence-corrected chi connectivity index (χ2v) is 3.09. The summed E-state index contributed by atoms with van der Waals surface area (Å²) in [6, 6.07) is 0. The summed E-state index contributed by atoms with van der Waals surface area (Å²) in [5.41, 5.74) is 8.01. The molecule has 76 valence electrons. The monoisotopic (exact) mass is 192 g/mol. The van der Waals surface area contributed by atoms with E-state index in [0.29, 0.717) is 11.5 Å². The van der Waals surface area contributed by atoms with Crippen LogP contribution in [0.2, 0.25) is 0 Å². The lowest BCUT2D eigenvalue weighted by atomic mass is 10.3. The molecule has 0 radical (unpaired) electrons. The Hall–Kier alpha value is -1.71. The molecule has 1 heterocycles. The van der Waals surface area contributed by atoms with Crippen LogP contribution in [0, 0.1) is 6.92 Å². The normalized spacial score (nSPS) is 9.86. The number of nitrogens with zero attached hydrogens (tertiary/aromatic N) is 2. The number of hydrogen-bond acceptors (Lipinski definition) is 3. The zero-order chi connectivity index (χ0) is 10.7. The van der Waals surface area contributed by atoms with Crippen LogP contribution in [0.15, 0.2) is 25.3 Å². The van der Waals surface area contributed by atoms with E-state index in [-0.39, 0.29) is 0 Å². The molecule has 3 N–H and O–H groups in total. The van der Waals surface area contributed by atoms with Gasteiger partial charge in [0.2, 0.25) is 0 Å². The van der Waals surface area contributed by atoms with Crippen LogP contribution in [0.3, 0.4) is 0 Å². The molecule has 1 rings (SSSR count). The Labute approximate surface area is 84.1 Å². The van der Waals surface area contributed by atoms with Crippen molar-refractivity contribution in [3.63, 3.8) is 0 Å². The van der Waals surface area contributed by atoms with Crippen molar-refractivity contribution < 1.29 is 0 Å². The smallest absolute Gasteiger partial charge is 0.107 e. The third-order valence-electron chi connectivity index (χ3n) is 2.04. The van der Waals surface area contributed by atoms with Gasteiger partial charge in [-0.2, -0.15) is 0 Å². The fraction of sp³-hybridized carbons (Fsp3) is 0.300. The molecule has 0 aliphatic rings. The number of rotatable bonds is 4. The van der Waals surface area contributed by atoms with Crippen LogP contribution in [0.5, 0.6) is 0 Å². The first-order valence-electron chi connectivity index (χ1n) is 4.48. The quantitative estimate of drug-likeness (QED) is 0.753. The van der Waals surface area contributed by atoms with E-state index in [1.165, 1.54) is 0 Å². The highest BCUT2D eigenvalue weighted by Crippen LogP contribution is 2.13. The van der Waals surface area contributed by atoms with Gasteiger partial charge in [0.05, 0.1) is 17.8 Å². The summed E-state index contributed by atoms with van der Waals surface area (Å²) in [6.45, 7) is 12.4. The van der Waals surface area contributed by atoms with E-state index in [9.17, 15) is 0 Å². The van der Waals surface area contributed by atoms with Crippen LogP contribution in [-0.2, 0) is 6.54 Å². The van der Waals surface area contributed by atoms with E-state index < -0.39 is 0 Å². The molecule has 0 atom stereocenters. The molecule has 0 saturated heterocycles. The first kappa shape index (κ1) is 10.4. The van der Waals surface area contributed by atoms with Crippen LogP contribution < -0.4 is 11.1 Å². The molecular formula is C10H16N4. The number of nitrogens with two attached hydrogens (primary N) is 1. The molecular weight excluding hydrogens is 176 g/mol. The molecule has 1 aromatic rings. The minimum atomic E-state index is 0.375. The molecule has 0 bridgehead atoms. The number of aryl methyl sites for hydroxylation is 1. The Morgan fingerprint density at radius 3 is 2.71 bits per heavy atom. The second-order valence-electron chi connectivity index (χ2n) is 3.09. The van der Waals surface area contributed by atoms with Gasteiger partial charge in [-0.25, -0.2) is 4.98 Å². The molecule has 1 aromatic heterocycles. The summed E-state index contributed by atoms with van der Waals surface area (Å²) in [7, 11) is 0. The van der Waals surface area contributed by atoms with Crippen LogP contribution in [0.4, 0.5) is 0 Å². The number of aromatic nitrogens is 2. The highest BCUT2D eigenvalue weighted by atomic mass is 15.1. The highest BCUT2D eigenvalue weighted by Gasteiger charge is 2.08. The molecule has 4 nitrogen and oxygen atoms in total. The van der Waals surface area contributed by atoms with E-state index in [1.807, 2.05) is 11.5 Å². The molecule has 0 unspecified atom stereocenters. The molecule has 0 aliphatic heterocycles. The van der Waals surface area contributed by atoms with Gasteiger partial charge in [-0.3, -0.25) is 0 Å². The van der Waals surface area contributed by atoms with Gasteiger partial charge in [-0.05, 0) is 13.8 Å². The van der Waals surface area contributed by atoms with Gasteiger partial charge in [0.15, 0.2) is 0 Å². The summed E-state index contributed by atoms with van der Waals surface area (Å²) in [5, 5.41) is 2.85. The van der Waals surface area contributed by atoms with Crippen molar-refractivity contribution in [1.82, 2.24) is 14.9 Å². The summed E-state index contributed by atoms with van der Waals surface area (Å²) in [5.74, 6) is 0.375. The average Bonchev–Trinajstić information content (AvgIpc) is 2.45. The zero-order valence-corrected chi connectivity index (χ0v) is 8.67. The standard InChI is InChI=1S/C10H16N4/c1-5-14-6-12-10(8(14)3)7(2)13-9(4)11/h6,13H,2,4-5,11H2,1,3H3. The third-order valence-corrected chi connectivity index (χ3v) is 2.04. The Morgan fingerprint density at radius 1 is 1.64 bits per heavy atom. The van der Waals surface area contributed by atoms with E-state index in [2.05, 4.69) is 30.4 Å². The minimum Gasteiger partial charge on any atom is -0.386 e. The topological polar surface area (TPSA) is 55.9 Å². The van der Waals surface area contributed by atoms with Crippen molar-refractivity contribution in [2.75, 3.05) is 0 Å². The molecule has 0 aromatic carbocycles. The maximum absolute atomic E-state index is 5.42. The molecule has 0 saturated carbocycles. The number of nitrogens with one attached hydrogen (secondary N) is 1. The van der Waals surface area contributed by atoms with Crippen molar-refractivity contribution >= 4 is 5.70 Å². The SMILES string of the molecule is C=C(N)NC(=C)c1ncn(CC)c1C.